The van der Waals surface area contributed by atoms with Crippen molar-refractivity contribution in [3.05, 3.63) is 30.4 Å². The molecule has 0 bridgehead atoms. The highest BCUT2D eigenvalue weighted by Crippen LogP contribution is 2.21. The van der Waals surface area contributed by atoms with E-state index < -0.39 is 0 Å². The molecule has 1 fully saturated rings. The molecule has 1 N–H and O–H groups in total. The Morgan fingerprint density at radius 2 is 2.16 bits per heavy atom. The Bertz CT molecular complexity index is 543. The van der Waals surface area contributed by atoms with E-state index in [9.17, 15) is 5.11 Å². The molecule has 1 atom stereocenters. The molecule has 2 aromatic rings. The molecule has 0 amide bonds. The first-order valence-corrected chi connectivity index (χ1v) is 6.91. The summed E-state index contributed by atoms with van der Waals surface area (Å²) in [6, 6.07) is 1.93. The smallest absolute Gasteiger partial charge is 0.233 e. The highest BCUT2D eigenvalue weighted by molar-refractivity contribution is 5.30. The van der Waals surface area contributed by atoms with Gasteiger partial charge in [-0.25, -0.2) is 9.97 Å². The number of fused-ring (bicyclic) bond motifs is 1. The fraction of sp³-hybridized carbons (Fsp3) is 0.571. The first kappa shape index (κ1) is 12.6. The molecule has 0 spiro atoms. The van der Waals surface area contributed by atoms with Gasteiger partial charge in [-0.2, -0.15) is 0 Å². The number of rotatable bonds is 3. The third-order valence-corrected chi connectivity index (χ3v) is 4.07. The van der Waals surface area contributed by atoms with Crippen LogP contribution in [0.15, 0.2) is 24.7 Å². The monoisotopic (exact) mass is 260 g/mol. The van der Waals surface area contributed by atoms with Crippen LogP contribution in [0.1, 0.15) is 25.5 Å². The highest BCUT2D eigenvalue weighted by atomic mass is 16.3. The fourth-order valence-corrected chi connectivity index (χ4v) is 2.82. The number of aromatic nitrogens is 3. The van der Waals surface area contributed by atoms with Gasteiger partial charge in [0.1, 0.15) is 0 Å². The number of nitrogens with zero attached hydrogens (tertiary/aromatic N) is 4. The molecular formula is C14H20N4O. The maximum absolute atomic E-state index is 9.62. The van der Waals surface area contributed by atoms with Gasteiger partial charge in [-0.05, 0) is 44.8 Å². The first-order chi connectivity index (χ1) is 9.24. The molecule has 1 saturated heterocycles. The Morgan fingerprint density at radius 1 is 1.37 bits per heavy atom. The van der Waals surface area contributed by atoms with Crippen molar-refractivity contribution in [2.75, 3.05) is 13.1 Å². The van der Waals surface area contributed by atoms with E-state index in [0.717, 1.165) is 38.3 Å². The second kappa shape index (κ2) is 5.27. The van der Waals surface area contributed by atoms with Gasteiger partial charge in [-0.15, -0.1) is 0 Å². The molecule has 19 heavy (non-hydrogen) atoms. The standard InChI is InChI=1S/C14H20N4O/c1-11(19)12-3-7-17(8-4-12)10-13-9-16-14-15-5-2-6-18(13)14/h2,5-6,9,11-12,19H,3-4,7-8,10H2,1H3. The zero-order valence-electron chi connectivity index (χ0n) is 11.2. The molecule has 0 aromatic carbocycles. The SMILES string of the molecule is CC(O)C1CCN(Cc2cnc3ncccn23)CC1. The number of hydrogen-bond donors (Lipinski definition) is 1. The van der Waals surface area contributed by atoms with Crippen molar-refractivity contribution in [1.82, 2.24) is 19.3 Å². The van der Waals surface area contributed by atoms with Gasteiger partial charge >= 0.3 is 0 Å². The minimum absolute atomic E-state index is 0.179. The molecule has 3 rings (SSSR count). The molecular weight excluding hydrogens is 240 g/mol. The van der Waals surface area contributed by atoms with E-state index in [4.69, 9.17) is 0 Å². The topological polar surface area (TPSA) is 53.7 Å². The van der Waals surface area contributed by atoms with E-state index >= 15 is 0 Å². The van der Waals surface area contributed by atoms with Crippen molar-refractivity contribution in [3.8, 4) is 0 Å². The molecule has 1 unspecified atom stereocenters. The summed E-state index contributed by atoms with van der Waals surface area (Å²) in [5, 5.41) is 9.62. The van der Waals surface area contributed by atoms with Crippen molar-refractivity contribution in [3.63, 3.8) is 0 Å². The lowest BCUT2D eigenvalue weighted by atomic mass is 9.92. The summed E-state index contributed by atoms with van der Waals surface area (Å²) >= 11 is 0. The normalized spacial score (nSPS) is 19.9. The molecule has 5 heteroatoms. The Morgan fingerprint density at radius 3 is 2.89 bits per heavy atom. The van der Waals surface area contributed by atoms with Crippen LogP contribution in [0.4, 0.5) is 0 Å². The Balaban J connectivity index is 1.66. The predicted octanol–water partition coefficient (Wildman–Crippen LogP) is 1.32. The first-order valence-electron chi connectivity index (χ1n) is 6.91. The minimum Gasteiger partial charge on any atom is -0.393 e. The summed E-state index contributed by atoms with van der Waals surface area (Å²) in [5.74, 6) is 1.22. The van der Waals surface area contributed by atoms with E-state index in [0.29, 0.717) is 5.92 Å². The summed E-state index contributed by atoms with van der Waals surface area (Å²) in [5.41, 5.74) is 1.18. The molecule has 102 valence electrons. The number of piperidine rings is 1. The summed E-state index contributed by atoms with van der Waals surface area (Å²) in [6.07, 6.45) is 7.65. The largest absolute Gasteiger partial charge is 0.393 e. The molecule has 3 heterocycles. The quantitative estimate of drug-likeness (QED) is 0.904. The number of aliphatic hydroxyl groups is 1. The lowest BCUT2D eigenvalue weighted by molar-refractivity contribution is 0.0690. The van der Waals surface area contributed by atoms with Gasteiger partial charge in [0.15, 0.2) is 0 Å². The van der Waals surface area contributed by atoms with Gasteiger partial charge in [0.25, 0.3) is 0 Å². The average molecular weight is 260 g/mol. The summed E-state index contributed by atoms with van der Waals surface area (Å²) < 4.78 is 2.04. The van der Waals surface area contributed by atoms with Crippen LogP contribution in [0, 0.1) is 5.92 Å². The van der Waals surface area contributed by atoms with Crippen molar-refractivity contribution in [1.29, 1.82) is 0 Å². The molecule has 1 aliphatic rings. The summed E-state index contributed by atoms with van der Waals surface area (Å²) in [7, 11) is 0. The van der Waals surface area contributed by atoms with Gasteiger partial charge in [-0.3, -0.25) is 9.30 Å². The van der Waals surface area contributed by atoms with Crippen molar-refractivity contribution >= 4 is 5.78 Å². The molecule has 0 saturated carbocycles. The van der Waals surface area contributed by atoms with Crippen LogP contribution in [0.2, 0.25) is 0 Å². The van der Waals surface area contributed by atoms with Crippen LogP contribution in [0.3, 0.4) is 0 Å². The Labute approximate surface area is 112 Å². The summed E-state index contributed by atoms with van der Waals surface area (Å²) in [6.45, 7) is 4.89. The third kappa shape index (κ3) is 2.62. The lowest BCUT2D eigenvalue weighted by Crippen LogP contribution is -2.36. The van der Waals surface area contributed by atoms with Gasteiger partial charge < -0.3 is 5.11 Å². The van der Waals surface area contributed by atoms with Crippen LogP contribution >= 0.6 is 0 Å². The minimum atomic E-state index is -0.179. The van der Waals surface area contributed by atoms with E-state index in [2.05, 4.69) is 14.9 Å². The van der Waals surface area contributed by atoms with Gasteiger partial charge in [0.2, 0.25) is 5.78 Å². The zero-order chi connectivity index (χ0) is 13.2. The highest BCUT2D eigenvalue weighted by Gasteiger charge is 2.23. The third-order valence-electron chi connectivity index (χ3n) is 4.07. The predicted molar refractivity (Wildman–Crippen MR) is 72.7 cm³/mol. The van der Waals surface area contributed by atoms with Crippen molar-refractivity contribution in [2.45, 2.75) is 32.4 Å². The van der Waals surface area contributed by atoms with Crippen LogP contribution in [0.25, 0.3) is 5.78 Å². The number of hydrogen-bond acceptors (Lipinski definition) is 4. The zero-order valence-corrected chi connectivity index (χ0v) is 11.2. The van der Waals surface area contributed by atoms with Gasteiger partial charge in [-0.1, -0.05) is 0 Å². The number of aliphatic hydroxyl groups excluding tert-OH is 1. The molecule has 0 aliphatic carbocycles. The summed E-state index contributed by atoms with van der Waals surface area (Å²) in [4.78, 5) is 11.0. The second-order valence-electron chi connectivity index (χ2n) is 5.39. The van der Waals surface area contributed by atoms with E-state index in [1.165, 1.54) is 5.69 Å². The molecule has 0 radical (unpaired) electrons. The van der Waals surface area contributed by atoms with Crippen molar-refractivity contribution < 1.29 is 5.11 Å². The number of likely N-dealkylation sites (tertiary alicyclic amines) is 1. The van der Waals surface area contributed by atoms with Crippen molar-refractivity contribution in [2.24, 2.45) is 5.92 Å². The van der Waals surface area contributed by atoms with Crippen LogP contribution < -0.4 is 0 Å². The van der Waals surface area contributed by atoms with E-state index in [-0.39, 0.29) is 6.10 Å². The fourth-order valence-electron chi connectivity index (χ4n) is 2.82. The second-order valence-corrected chi connectivity index (χ2v) is 5.39. The Hall–Kier alpha value is -1.46. The average Bonchev–Trinajstić information content (AvgIpc) is 2.83. The Kier molecular flexibility index (Phi) is 3.48. The van der Waals surface area contributed by atoms with Crippen LogP contribution in [-0.2, 0) is 6.54 Å². The van der Waals surface area contributed by atoms with Crippen LogP contribution in [-0.4, -0.2) is 43.6 Å². The molecule has 5 nitrogen and oxygen atoms in total. The van der Waals surface area contributed by atoms with Gasteiger partial charge in [0, 0.05) is 18.9 Å². The van der Waals surface area contributed by atoms with Gasteiger partial charge in [0.05, 0.1) is 18.0 Å². The van der Waals surface area contributed by atoms with Crippen LogP contribution in [0.5, 0.6) is 0 Å². The van der Waals surface area contributed by atoms with E-state index in [1.54, 1.807) is 6.20 Å². The maximum atomic E-state index is 9.62. The molecule has 1 aliphatic heterocycles. The molecule has 2 aromatic heterocycles. The maximum Gasteiger partial charge on any atom is 0.233 e. The number of imidazole rings is 1. The van der Waals surface area contributed by atoms with E-state index in [1.807, 2.05) is 29.8 Å². The lowest BCUT2D eigenvalue weighted by Gasteiger charge is -2.32.